The zero-order valence-corrected chi connectivity index (χ0v) is 8.08. The van der Waals surface area contributed by atoms with Gasteiger partial charge in [0.25, 0.3) is 0 Å². The van der Waals surface area contributed by atoms with E-state index in [1.807, 2.05) is 18.2 Å². The SMILES string of the molecule is N#CC1CC1c1ccccc1Br. The molecule has 2 heteroatoms. The first-order chi connectivity index (χ1) is 5.83. The molecule has 1 aromatic rings. The monoisotopic (exact) mass is 221 g/mol. The van der Waals surface area contributed by atoms with Crippen LogP contribution in [-0.4, -0.2) is 0 Å². The lowest BCUT2D eigenvalue weighted by Gasteiger charge is -1.99. The van der Waals surface area contributed by atoms with E-state index >= 15 is 0 Å². The van der Waals surface area contributed by atoms with Crippen LogP contribution in [-0.2, 0) is 0 Å². The fraction of sp³-hybridized carbons (Fsp3) is 0.300. The van der Waals surface area contributed by atoms with Gasteiger partial charge >= 0.3 is 0 Å². The molecule has 1 aliphatic rings. The third kappa shape index (κ3) is 1.25. The van der Waals surface area contributed by atoms with E-state index in [-0.39, 0.29) is 5.92 Å². The van der Waals surface area contributed by atoms with Gasteiger partial charge in [0, 0.05) is 10.4 Å². The van der Waals surface area contributed by atoms with E-state index in [1.54, 1.807) is 0 Å². The predicted octanol–water partition coefficient (Wildman–Crippen LogP) is 3.08. The Morgan fingerprint density at radius 1 is 1.42 bits per heavy atom. The first kappa shape index (κ1) is 7.82. The summed E-state index contributed by atoms with van der Waals surface area (Å²) in [4.78, 5) is 0. The molecule has 0 heterocycles. The summed E-state index contributed by atoms with van der Waals surface area (Å²) in [5.74, 6) is 0.731. The summed E-state index contributed by atoms with van der Waals surface area (Å²) in [6, 6.07) is 10.4. The molecule has 0 N–H and O–H groups in total. The van der Waals surface area contributed by atoms with E-state index in [4.69, 9.17) is 5.26 Å². The van der Waals surface area contributed by atoms with Crippen molar-refractivity contribution in [3.05, 3.63) is 34.3 Å². The minimum absolute atomic E-state index is 0.253. The lowest BCUT2D eigenvalue weighted by atomic mass is 10.1. The lowest BCUT2D eigenvalue weighted by Crippen LogP contribution is -1.82. The Morgan fingerprint density at radius 2 is 2.17 bits per heavy atom. The van der Waals surface area contributed by atoms with Gasteiger partial charge in [0.2, 0.25) is 0 Å². The van der Waals surface area contributed by atoms with E-state index in [0.29, 0.717) is 5.92 Å². The van der Waals surface area contributed by atoms with E-state index in [1.165, 1.54) is 5.56 Å². The Morgan fingerprint density at radius 3 is 2.75 bits per heavy atom. The second-order valence-electron chi connectivity index (χ2n) is 3.10. The third-order valence-electron chi connectivity index (χ3n) is 2.26. The molecule has 1 nitrogen and oxygen atoms in total. The van der Waals surface area contributed by atoms with Gasteiger partial charge < -0.3 is 0 Å². The van der Waals surface area contributed by atoms with Crippen LogP contribution in [0, 0.1) is 17.2 Å². The Balaban J connectivity index is 2.26. The molecule has 60 valence electrons. The molecular weight excluding hydrogens is 214 g/mol. The fourth-order valence-corrected chi connectivity index (χ4v) is 2.04. The van der Waals surface area contributed by atoms with Crippen molar-refractivity contribution < 1.29 is 0 Å². The van der Waals surface area contributed by atoms with E-state index in [2.05, 4.69) is 28.1 Å². The summed E-state index contributed by atoms with van der Waals surface area (Å²) in [5.41, 5.74) is 1.28. The predicted molar refractivity (Wildman–Crippen MR) is 50.6 cm³/mol. The molecule has 0 radical (unpaired) electrons. The zero-order valence-electron chi connectivity index (χ0n) is 6.50. The Hall–Kier alpha value is -0.810. The van der Waals surface area contributed by atoms with Gasteiger partial charge in [-0.1, -0.05) is 34.1 Å². The highest BCUT2D eigenvalue weighted by Gasteiger charge is 2.39. The van der Waals surface area contributed by atoms with Crippen LogP contribution in [0.3, 0.4) is 0 Å². The highest BCUT2D eigenvalue weighted by Crippen LogP contribution is 2.48. The first-order valence-corrected chi connectivity index (χ1v) is 4.76. The molecule has 2 unspecified atom stereocenters. The van der Waals surface area contributed by atoms with Crippen molar-refractivity contribution in [1.29, 1.82) is 5.26 Å². The third-order valence-corrected chi connectivity index (χ3v) is 2.98. The smallest absolute Gasteiger partial charge is 0.0662 e. The van der Waals surface area contributed by atoms with Crippen LogP contribution >= 0.6 is 15.9 Å². The molecule has 1 fully saturated rings. The molecule has 0 amide bonds. The molecule has 0 aromatic heterocycles. The largest absolute Gasteiger partial charge is 0.198 e. The number of hydrogen-bond donors (Lipinski definition) is 0. The molecule has 0 aliphatic heterocycles. The van der Waals surface area contributed by atoms with Crippen molar-refractivity contribution in [3.8, 4) is 6.07 Å². The van der Waals surface area contributed by atoms with Crippen molar-refractivity contribution in [2.75, 3.05) is 0 Å². The van der Waals surface area contributed by atoms with Crippen molar-refractivity contribution in [3.63, 3.8) is 0 Å². The van der Waals surface area contributed by atoms with Gasteiger partial charge in [0.15, 0.2) is 0 Å². The summed E-state index contributed by atoms with van der Waals surface area (Å²) >= 11 is 3.48. The first-order valence-electron chi connectivity index (χ1n) is 3.97. The summed E-state index contributed by atoms with van der Waals surface area (Å²) in [5, 5.41) is 8.66. The fourth-order valence-electron chi connectivity index (χ4n) is 1.46. The minimum atomic E-state index is 0.253. The normalized spacial score (nSPS) is 26.3. The number of hydrogen-bond acceptors (Lipinski definition) is 1. The molecule has 1 aromatic carbocycles. The molecule has 1 saturated carbocycles. The number of benzene rings is 1. The topological polar surface area (TPSA) is 23.8 Å². The molecule has 1 aliphatic carbocycles. The van der Waals surface area contributed by atoms with Crippen LogP contribution in [0.1, 0.15) is 17.9 Å². The van der Waals surface area contributed by atoms with Crippen LogP contribution in [0.4, 0.5) is 0 Å². The number of nitrogens with zero attached hydrogens (tertiary/aromatic N) is 1. The van der Waals surface area contributed by atoms with Gasteiger partial charge in [0.05, 0.1) is 12.0 Å². The van der Waals surface area contributed by atoms with Gasteiger partial charge in [-0.2, -0.15) is 5.26 Å². The summed E-state index contributed by atoms with van der Waals surface area (Å²) in [6.45, 7) is 0. The molecule has 2 atom stereocenters. The van der Waals surface area contributed by atoms with Gasteiger partial charge in [-0.15, -0.1) is 0 Å². The highest BCUT2D eigenvalue weighted by molar-refractivity contribution is 9.10. The number of halogens is 1. The van der Waals surface area contributed by atoms with E-state index in [9.17, 15) is 0 Å². The summed E-state index contributed by atoms with van der Waals surface area (Å²) in [7, 11) is 0. The number of nitriles is 1. The van der Waals surface area contributed by atoms with Crippen LogP contribution in [0.2, 0.25) is 0 Å². The van der Waals surface area contributed by atoms with Gasteiger partial charge in [-0.05, 0) is 18.1 Å². The Bertz CT molecular complexity index is 340. The molecule has 2 rings (SSSR count). The van der Waals surface area contributed by atoms with E-state index < -0.39 is 0 Å². The van der Waals surface area contributed by atoms with Crippen LogP contribution < -0.4 is 0 Å². The second kappa shape index (κ2) is 2.91. The Labute approximate surface area is 80.1 Å². The van der Waals surface area contributed by atoms with Crippen molar-refractivity contribution in [2.24, 2.45) is 5.92 Å². The summed E-state index contributed by atoms with van der Waals surface area (Å²) < 4.78 is 1.13. The van der Waals surface area contributed by atoms with Crippen LogP contribution in [0.5, 0.6) is 0 Å². The van der Waals surface area contributed by atoms with Crippen LogP contribution in [0.15, 0.2) is 28.7 Å². The van der Waals surface area contributed by atoms with Gasteiger partial charge in [0.1, 0.15) is 0 Å². The maximum Gasteiger partial charge on any atom is 0.0662 e. The summed E-state index contributed by atoms with van der Waals surface area (Å²) in [6.07, 6.45) is 1.03. The average molecular weight is 222 g/mol. The minimum Gasteiger partial charge on any atom is -0.198 e. The van der Waals surface area contributed by atoms with E-state index in [0.717, 1.165) is 10.9 Å². The second-order valence-corrected chi connectivity index (χ2v) is 3.95. The van der Waals surface area contributed by atoms with Gasteiger partial charge in [-0.25, -0.2) is 0 Å². The molecule has 0 spiro atoms. The van der Waals surface area contributed by atoms with Crippen molar-refractivity contribution >= 4 is 15.9 Å². The van der Waals surface area contributed by atoms with Crippen molar-refractivity contribution in [1.82, 2.24) is 0 Å². The van der Waals surface area contributed by atoms with Crippen LogP contribution in [0.25, 0.3) is 0 Å². The maximum atomic E-state index is 8.66. The lowest BCUT2D eigenvalue weighted by molar-refractivity contribution is 1.02. The zero-order chi connectivity index (χ0) is 8.55. The molecule has 0 bridgehead atoms. The standard InChI is InChI=1S/C10H8BrN/c11-10-4-2-1-3-8(10)9-5-7(9)6-12/h1-4,7,9H,5H2. The molecule has 12 heavy (non-hydrogen) atoms. The highest BCUT2D eigenvalue weighted by atomic mass is 79.9. The van der Waals surface area contributed by atoms with Gasteiger partial charge in [-0.3, -0.25) is 0 Å². The number of rotatable bonds is 1. The maximum absolute atomic E-state index is 8.66. The Kier molecular flexibility index (Phi) is 1.90. The quantitative estimate of drug-likeness (QED) is 0.716. The average Bonchev–Trinajstić information content (AvgIpc) is 2.84. The molecular formula is C10H8BrN. The van der Waals surface area contributed by atoms with Crippen molar-refractivity contribution in [2.45, 2.75) is 12.3 Å². The molecule has 0 saturated heterocycles.